The second-order valence-electron chi connectivity index (χ2n) is 4.44. The van der Waals surface area contributed by atoms with E-state index in [1.54, 1.807) is 12.1 Å². The van der Waals surface area contributed by atoms with Crippen LogP contribution in [0, 0.1) is 5.92 Å². The maximum Gasteiger partial charge on any atom is 0.255 e. The summed E-state index contributed by atoms with van der Waals surface area (Å²) in [5.41, 5.74) is 0.595. The van der Waals surface area contributed by atoms with Crippen LogP contribution in [0.3, 0.4) is 0 Å². The third kappa shape index (κ3) is 2.83. The van der Waals surface area contributed by atoms with Gasteiger partial charge in [-0.2, -0.15) is 0 Å². The number of benzene rings is 1. The van der Waals surface area contributed by atoms with Crippen LogP contribution in [0.2, 0.25) is 5.02 Å². The lowest BCUT2D eigenvalue weighted by Gasteiger charge is -2.17. The molecule has 92 valence electrons. The van der Waals surface area contributed by atoms with Gasteiger partial charge >= 0.3 is 0 Å². The molecule has 1 unspecified atom stereocenters. The maximum absolute atomic E-state index is 12.3. The first-order valence-corrected chi connectivity index (χ1v) is 7.03. The summed E-state index contributed by atoms with van der Waals surface area (Å²) < 4.78 is 0.886. The summed E-state index contributed by atoms with van der Waals surface area (Å²) in [4.78, 5) is 14.2. The van der Waals surface area contributed by atoms with E-state index in [2.05, 4.69) is 22.9 Å². The molecule has 0 saturated carbocycles. The molecule has 2 nitrogen and oxygen atoms in total. The Labute approximate surface area is 115 Å². The van der Waals surface area contributed by atoms with Crippen LogP contribution in [0.25, 0.3) is 0 Å². The van der Waals surface area contributed by atoms with Crippen LogP contribution in [0.15, 0.2) is 22.7 Å². The molecule has 1 atom stereocenters. The van der Waals surface area contributed by atoms with Gasteiger partial charge in [0.1, 0.15) is 0 Å². The highest BCUT2D eigenvalue weighted by atomic mass is 79.9. The Kier molecular flexibility index (Phi) is 4.10. The summed E-state index contributed by atoms with van der Waals surface area (Å²) in [6.07, 6.45) is 2.24. The van der Waals surface area contributed by atoms with Gasteiger partial charge in [0.05, 0.1) is 10.6 Å². The van der Waals surface area contributed by atoms with Crippen molar-refractivity contribution in [1.82, 2.24) is 4.90 Å². The first-order chi connectivity index (χ1) is 8.11. The number of carbonyl (C=O) groups excluding carboxylic acids is 1. The number of rotatable bonds is 2. The Bertz CT molecular complexity index is 435. The molecule has 1 saturated heterocycles. The van der Waals surface area contributed by atoms with E-state index < -0.39 is 0 Å². The number of nitrogens with zero attached hydrogens (tertiary/aromatic N) is 1. The predicted molar refractivity (Wildman–Crippen MR) is 73.5 cm³/mol. The fraction of sp³-hybridized carbons (Fsp3) is 0.462. The molecular formula is C13H15BrClNO. The van der Waals surface area contributed by atoms with E-state index >= 15 is 0 Å². The van der Waals surface area contributed by atoms with E-state index in [1.807, 2.05) is 11.0 Å². The van der Waals surface area contributed by atoms with E-state index in [4.69, 9.17) is 11.6 Å². The van der Waals surface area contributed by atoms with Crippen LogP contribution < -0.4 is 0 Å². The fourth-order valence-electron chi connectivity index (χ4n) is 2.18. The smallest absolute Gasteiger partial charge is 0.255 e. The molecule has 4 heteroatoms. The Morgan fingerprint density at radius 1 is 1.59 bits per heavy atom. The lowest BCUT2D eigenvalue weighted by molar-refractivity contribution is 0.0787. The monoisotopic (exact) mass is 315 g/mol. The van der Waals surface area contributed by atoms with Gasteiger partial charge in [-0.05, 0) is 30.5 Å². The van der Waals surface area contributed by atoms with Crippen LogP contribution in [0.4, 0.5) is 0 Å². The summed E-state index contributed by atoms with van der Waals surface area (Å²) in [6.45, 7) is 3.88. The SMILES string of the molecule is CCC1CCN(C(=O)c2cc(Br)ccc2Cl)C1. The number of hydrogen-bond donors (Lipinski definition) is 0. The minimum atomic E-state index is 0.0484. The summed E-state index contributed by atoms with van der Waals surface area (Å²) in [5.74, 6) is 0.692. The number of amides is 1. The Morgan fingerprint density at radius 2 is 2.35 bits per heavy atom. The van der Waals surface area contributed by atoms with Gasteiger partial charge < -0.3 is 4.90 Å². The van der Waals surface area contributed by atoms with Crippen LogP contribution in [-0.2, 0) is 0 Å². The average Bonchev–Trinajstić information content (AvgIpc) is 2.80. The Morgan fingerprint density at radius 3 is 3.00 bits per heavy atom. The third-order valence-corrected chi connectivity index (χ3v) is 4.13. The Hall–Kier alpha value is -0.540. The molecule has 17 heavy (non-hydrogen) atoms. The minimum Gasteiger partial charge on any atom is -0.338 e. The van der Waals surface area contributed by atoms with Gasteiger partial charge in [0.25, 0.3) is 5.91 Å². The number of carbonyl (C=O) groups is 1. The van der Waals surface area contributed by atoms with Gasteiger partial charge in [-0.15, -0.1) is 0 Å². The molecule has 1 amide bonds. The second kappa shape index (κ2) is 5.40. The lowest BCUT2D eigenvalue weighted by Crippen LogP contribution is -2.28. The second-order valence-corrected chi connectivity index (χ2v) is 5.76. The molecule has 1 aliphatic rings. The zero-order valence-corrected chi connectivity index (χ0v) is 12.1. The first-order valence-electron chi connectivity index (χ1n) is 5.86. The molecule has 0 aromatic heterocycles. The zero-order valence-electron chi connectivity index (χ0n) is 9.75. The van der Waals surface area contributed by atoms with Crippen LogP contribution >= 0.6 is 27.5 Å². The van der Waals surface area contributed by atoms with Gasteiger partial charge in [0.15, 0.2) is 0 Å². The van der Waals surface area contributed by atoms with Gasteiger partial charge in [-0.1, -0.05) is 40.9 Å². The van der Waals surface area contributed by atoms with E-state index in [-0.39, 0.29) is 5.91 Å². The summed E-state index contributed by atoms with van der Waals surface area (Å²) in [6, 6.07) is 5.40. The van der Waals surface area contributed by atoms with Gasteiger partial charge in [0.2, 0.25) is 0 Å². The van der Waals surface area contributed by atoms with Crippen molar-refractivity contribution in [3.05, 3.63) is 33.3 Å². The lowest BCUT2D eigenvalue weighted by atomic mass is 10.1. The third-order valence-electron chi connectivity index (χ3n) is 3.31. The number of halogens is 2. The highest BCUT2D eigenvalue weighted by molar-refractivity contribution is 9.10. The molecule has 0 N–H and O–H groups in total. The topological polar surface area (TPSA) is 20.3 Å². The highest BCUT2D eigenvalue weighted by Crippen LogP contribution is 2.26. The zero-order chi connectivity index (χ0) is 12.4. The van der Waals surface area contributed by atoms with E-state index in [1.165, 1.54) is 0 Å². The van der Waals surface area contributed by atoms with E-state index in [0.717, 1.165) is 30.4 Å². The van der Waals surface area contributed by atoms with Gasteiger partial charge in [-0.25, -0.2) is 0 Å². The van der Waals surface area contributed by atoms with Crippen molar-refractivity contribution in [3.8, 4) is 0 Å². The van der Waals surface area contributed by atoms with Crippen LogP contribution in [-0.4, -0.2) is 23.9 Å². The molecule has 1 aliphatic heterocycles. The normalized spacial score (nSPS) is 19.7. The summed E-state index contributed by atoms with van der Waals surface area (Å²) in [5, 5.41) is 0.526. The molecule has 1 aromatic rings. The van der Waals surface area contributed by atoms with Crippen molar-refractivity contribution in [1.29, 1.82) is 0 Å². The number of likely N-dealkylation sites (tertiary alicyclic amines) is 1. The number of hydrogen-bond acceptors (Lipinski definition) is 1. The van der Waals surface area contributed by atoms with Crippen LogP contribution in [0.1, 0.15) is 30.1 Å². The van der Waals surface area contributed by atoms with Crippen molar-refractivity contribution < 1.29 is 4.79 Å². The molecule has 1 aromatic carbocycles. The van der Waals surface area contributed by atoms with Crippen LogP contribution in [0.5, 0.6) is 0 Å². The molecule has 0 radical (unpaired) electrons. The summed E-state index contributed by atoms with van der Waals surface area (Å²) >= 11 is 9.44. The van der Waals surface area contributed by atoms with Crippen molar-refractivity contribution in [3.63, 3.8) is 0 Å². The van der Waals surface area contributed by atoms with Crippen molar-refractivity contribution in [2.75, 3.05) is 13.1 Å². The van der Waals surface area contributed by atoms with E-state index in [9.17, 15) is 4.79 Å². The molecule has 1 heterocycles. The molecule has 0 aliphatic carbocycles. The van der Waals surface area contributed by atoms with Gasteiger partial charge in [-0.3, -0.25) is 4.79 Å². The highest BCUT2D eigenvalue weighted by Gasteiger charge is 2.26. The summed E-state index contributed by atoms with van der Waals surface area (Å²) in [7, 11) is 0. The molecular weight excluding hydrogens is 302 g/mol. The molecule has 2 rings (SSSR count). The van der Waals surface area contributed by atoms with Gasteiger partial charge in [0, 0.05) is 17.6 Å². The van der Waals surface area contributed by atoms with Crippen molar-refractivity contribution in [2.45, 2.75) is 19.8 Å². The molecule has 0 spiro atoms. The molecule has 0 bridgehead atoms. The fourth-order valence-corrected chi connectivity index (χ4v) is 2.74. The van der Waals surface area contributed by atoms with Crippen molar-refractivity contribution in [2.24, 2.45) is 5.92 Å². The predicted octanol–water partition coefficient (Wildman–Crippen LogP) is 3.97. The van der Waals surface area contributed by atoms with E-state index in [0.29, 0.717) is 16.5 Å². The maximum atomic E-state index is 12.3. The molecule has 1 fully saturated rings. The quantitative estimate of drug-likeness (QED) is 0.808. The largest absolute Gasteiger partial charge is 0.338 e. The standard InChI is InChI=1S/C13H15BrClNO/c1-2-9-5-6-16(8-9)13(17)11-7-10(14)3-4-12(11)15/h3-4,7,9H,2,5-6,8H2,1H3. The minimum absolute atomic E-state index is 0.0484. The van der Waals surface area contributed by atoms with Crippen molar-refractivity contribution >= 4 is 33.4 Å². The first kappa shape index (κ1) is 12.9. The Balaban J connectivity index is 2.17. The average molecular weight is 317 g/mol.